The summed E-state index contributed by atoms with van der Waals surface area (Å²) in [6.45, 7) is 4.47. The maximum absolute atomic E-state index is 9.47. The van der Waals surface area contributed by atoms with Crippen LogP contribution in [0.3, 0.4) is 0 Å². The van der Waals surface area contributed by atoms with E-state index >= 15 is 0 Å². The zero-order valence-corrected chi connectivity index (χ0v) is 16.0. The largest absolute Gasteiger partial charge is 0.391 e. The third kappa shape index (κ3) is 19.9. The summed E-state index contributed by atoms with van der Waals surface area (Å²) in [7, 11) is 3.18. The van der Waals surface area contributed by atoms with Gasteiger partial charge in [0.15, 0.2) is 0 Å². The monoisotopic (exact) mass is 366 g/mol. The van der Waals surface area contributed by atoms with Gasteiger partial charge in [0.1, 0.15) is 0 Å². The Morgan fingerprint density at radius 1 is 0.560 bits per heavy atom. The molecule has 25 heavy (non-hydrogen) atoms. The highest BCUT2D eigenvalue weighted by Crippen LogP contribution is 2.02. The Hall–Kier alpha value is -0.280. The van der Waals surface area contributed by atoms with Crippen LogP contribution in [0.25, 0.3) is 0 Å². The Kier molecular flexibility index (Phi) is 19.8. The minimum absolute atomic E-state index is 0.372. The molecule has 7 nitrogen and oxygen atoms in total. The highest BCUT2D eigenvalue weighted by molar-refractivity contribution is 4.54. The molecule has 0 aliphatic carbocycles. The molecule has 0 rings (SSSR count). The van der Waals surface area contributed by atoms with Gasteiger partial charge in [-0.15, -0.1) is 0 Å². The molecule has 0 heterocycles. The van der Waals surface area contributed by atoms with E-state index in [1.807, 2.05) is 0 Å². The second-order valence-electron chi connectivity index (χ2n) is 6.05. The van der Waals surface area contributed by atoms with Crippen molar-refractivity contribution in [2.24, 2.45) is 0 Å². The van der Waals surface area contributed by atoms with Crippen LogP contribution in [-0.4, -0.2) is 89.5 Å². The summed E-state index contributed by atoms with van der Waals surface area (Å²) in [5.74, 6) is 0. The lowest BCUT2D eigenvalue weighted by atomic mass is 10.2. The summed E-state index contributed by atoms with van der Waals surface area (Å²) < 4.78 is 26.1. The predicted molar refractivity (Wildman–Crippen MR) is 95.9 cm³/mol. The quantitative estimate of drug-likeness (QED) is 0.315. The van der Waals surface area contributed by atoms with Crippen molar-refractivity contribution in [3.8, 4) is 0 Å². The van der Waals surface area contributed by atoms with Gasteiger partial charge in [-0.25, -0.2) is 0 Å². The Morgan fingerprint density at radius 2 is 0.920 bits per heavy atom. The fraction of sp³-hybridized carbons (Fsp3) is 1.00. The second kappa shape index (κ2) is 20.0. The maximum atomic E-state index is 9.47. The fourth-order valence-electron chi connectivity index (χ4n) is 2.26. The smallest absolute Gasteiger partial charge is 0.0773 e. The van der Waals surface area contributed by atoms with E-state index in [4.69, 9.17) is 23.7 Å². The summed E-state index contributed by atoms with van der Waals surface area (Å²) in [4.78, 5) is 0. The van der Waals surface area contributed by atoms with Gasteiger partial charge in [0.25, 0.3) is 0 Å². The van der Waals surface area contributed by atoms with Crippen LogP contribution in [0.1, 0.15) is 38.5 Å². The highest BCUT2D eigenvalue weighted by Gasteiger charge is 2.03. The lowest BCUT2D eigenvalue weighted by molar-refractivity contribution is 0.0112. The second-order valence-corrected chi connectivity index (χ2v) is 6.05. The van der Waals surface area contributed by atoms with Crippen molar-refractivity contribution >= 4 is 0 Å². The van der Waals surface area contributed by atoms with Crippen LogP contribution in [0, 0.1) is 0 Å². The molecular weight excluding hydrogens is 328 g/mol. The molecule has 2 N–H and O–H groups in total. The van der Waals surface area contributed by atoms with Gasteiger partial charge >= 0.3 is 0 Å². The van der Waals surface area contributed by atoms with Gasteiger partial charge in [-0.1, -0.05) is 0 Å². The molecule has 2 atom stereocenters. The van der Waals surface area contributed by atoms with Gasteiger partial charge in [0, 0.05) is 27.4 Å². The molecule has 7 heteroatoms. The van der Waals surface area contributed by atoms with Crippen LogP contribution in [-0.2, 0) is 23.7 Å². The van der Waals surface area contributed by atoms with Gasteiger partial charge < -0.3 is 33.9 Å². The first kappa shape index (κ1) is 24.7. The zero-order chi connectivity index (χ0) is 18.6. The first-order valence-corrected chi connectivity index (χ1v) is 9.28. The number of ether oxygens (including phenoxy) is 5. The van der Waals surface area contributed by atoms with Crippen LogP contribution in [0.15, 0.2) is 0 Å². The predicted octanol–water partition coefficient (Wildman–Crippen LogP) is 1.39. The van der Waals surface area contributed by atoms with E-state index in [9.17, 15) is 10.2 Å². The molecule has 0 bridgehead atoms. The van der Waals surface area contributed by atoms with Crippen molar-refractivity contribution in [1.82, 2.24) is 0 Å². The average molecular weight is 366 g/mol. The van der Waals surface area contributed by atoms with Crippen LogP contribution in [0.5, 0.6) is 0 Å². The van der Waals surface area contributed by atoms with Crippen molar-refractivity contribution in [3.05, 3.63) is 0 Å². The fourth-order valence-corrected chi connectivity index (χ4v) is 2.26. The first-order chi connectivity index (χ1) is 12.2. The van der Waals surface area contributed by atoms with E-state index < -0.39 is 0 Å². The van der Waals surface area contributed by atoms with Crippen LogP contribution >= 0.6 is 0 Å². The van der Waals surface area contributed by atoms with E-state index in [2.05, 4.69) is 0 Å². The van der Waals surface area contributed by atoms with Crippen molar-refractivity contribution in [1.29, 1.82) is 0 Å². The summed E-state index contributed by atoms with van der Waals surface area (Å²) in [6, 6.07) is 0. The van der Waals surface area contributed by atoms with Crippen LogP contribution in [0.2, 0.25) is 0 Å². The summed E-state index contributed by atoms with van der Waals surface area (Å²) in [5, 5.41) is 18.9. The first-order valence-electron chi connectivity index (χ1n) is 9.28. The van der Waals surface area contributed by atoms with Crippen LogP contribution < -0.4 is 0 Å². The summed E-state index contributed by atoms with van der Waals surface area (Å²) >= 11 is 0. The van der Waals surface area contributed by atoms with Gasteiger partial charge in [0.2, 0.25) is 0 Å². The number of rotatable bonds is 20. The van der Waals surface area contributed by atoms with Gasteiger partial charge in [-0.3, -0.25) is 0 Å². The summed E-state index contributed by atoms with van der Waals surface area (Å²) in [5.41, 5.74) is 0. The van der Waals surface area contributed by atoms with Gasteiger partial charge in [-0.2, -0.15) is 0 Å². The minimum atomic E-state index is -0.372. The Balaban J connectivity index is 3.07. The van der Waals surface area contributed by atoms with E-state index in [-0.39, 0.29) is 12.2 Å². The molecular formula is C18H38O7. The molecule has 0 saturated heterocycles. The topological polar surface area (TPSA) is 86.6 Å². The van der Waals surface area contributed by atoms with E-state index in [1.54, 1.807) is 14.2 Å². The van der Waals surface area contributed by atoms with Crippen molar-refractivity contribution in [3.63, 3.8) is 0 Å². The number of hydrogen-bond donors (Lipinski definition) is 2. The molecule has 0 amide bonds. The van der Waals surface area contributed by atoms with Crippen molar-refractivity contribution in [2.75, 3.05) is 67.1 Å². The SMILES string of the molecule is COCC(O)CCCCOCCOCCOCCCCC(O)COC. The standard InChI is InChI=1S/C18H38O7/c1-21-15-17(19)7-3-5-9-23-11-13-25-14-12-24-10-6-4-8-18(20)16-22-2/h17-20H,3-16H2,1-2H3. The van der Waals surface area contributed by atoms with Crippen molar-refractivity contribution in [2.45, 2.75) is 50.7 Å². The molecule has 0 aromatic rings. The Labute approximate surface area is 152 Å². The van der Waals surface area contributed by atoms with Crippen molar-refractivity contribution < 1.29 is 33.9 Å². The Bertz CT molecular complexity index is 230. The van der Waals surface area contributed by atoms with Crippen LogP contribution in [0.4, 0.5) is 0 Å². The zero-order valence-electron chi connectivity index (χ0n) is 16.0. The van der Waals surface area contributed by atoms with Gasteiger partial charge in [0.05, 0.1) is 51.8 Å². The Morgan fingerprint density at radius 3 is 1.28 bits per heavy atom. The van der Waals surface area contributed by atoms with Gasteiger partial charge in [-0.05, 0) is 38.5 Å². The lowest BCUT2D eigenvalue weighted by Gasteiger charge is -2.10. The lowest BCUT2D eigenvalue weighted by Crippen LogP contribution is -2.14. The number of unbranched alkanes of at least 4 members (excludes halogenated alkanes) is 2. The third-order valence-electron chi connectivity index (χ3n) is 3.61. The van der Waals surface area contributed by atoms with E-state index in [1.165, 1.54) is 0 Å². The molecule has 0 aliphatic heterocycles. The number of aliphatic hydroxyl groups excluding tert-OH is 2. The molecule has 0 aliphatic rings. The third-order valence-corrected chi connectivity index (χ3v) is 3.61. The molecule has 0 aromatic heterocycles. The minimum Gasteiger partial charge on any atom is -0.391 e. The number of hydrogen-bond acceptors (Lipinski definition) is 7. The molecule has 152 valence electrons. The summed E-state index contributed by atoms with van der Waals surface area (Å²) in [6.07, 6.45) is 4.48. The maximum Gasteiger partial charge on any atom is 0.0773 e. The van der Waals surface area contributed by atoms with E-state index in [0.717, 1.165) is 38.5 Å². The molecule has 0 aromatic carbocycles. The molecule has 0 fully saturated rings. The highest BCUT2D eigenvalue weighted by atomic mass is 16.5. The molecule has 0 spiro atoms. The van der Waals surface area contributed by atoms with E-state index in [0.29, 0.717) is 52.9 Å². The number of methoxy groups -OCH3 is 2. The number of aliphatic hydroxyl groups is 2. The average Bonchev–Trinajstić information content (AvgIpc) is 2.58. The molecule has 0 saturated carbocycles. The normalized spacial score (nSPS) is 13.9. The molecule has 2 unspecified atom stereocenters. The molecule has 0 radical (unpaired) electrons.